The number of phenolic OH excluding ortho intramolecular Hbond substituents is 1. The van der Waals surface area contributed by atoms with Crippen LogP contribution in [0.25, 0.3) is 6.08 Å². The molecule has 1 aliphatic rings. The van der Waals surface area contributed by atoms with Crippen LogP contribution in [0, 0.1) is 0 Å². The van der Waals surface area contributed by atoms with Crippen molar-refractivity contribution in [1.82, 2.24) is 5.32 Å². The molecule has 1 heterocycles. The quantitative estimate of drug-likeness (QED) is 0.746. The van der Waals surface area contributed by atoms with Crippen LogP contribution in [-0.2, 0) is 4.79 Å². The zero-order valence-corrected chi connectivity index (χ0v) is 13.1. The Kier molecular flexibility index (Phi) is 4.35. The molecule has 0 aliphatic carbocycles. The summed E-state index contributed by atoms with van der Waals surface area (Å²) in [7, 11) is 0. The van der Waals surface area contributed by atoms with Gasteiger partial charge in [-0.3, -0.25) is 4.79 Å². The zero-order valence-electron chi connectivity index (χ0n) is 12.3. The highest BCUT2D eigenvalue weighted by molar-refractivity contribution is 8.18. The van der Waals surface area contributed by atoms with Crippen molar-refractivity contribution in [3.05, 3.63) is 64.6 Å². The van der Waals surface area contributed by atoms with Crippen molar-refractivity contribution in [2.45, 2.75) is 0 Å². The van der Waals surface area contributed by atoms with Gasteiger partial charge in [-0.25, -0.2) is 9.79 Å². The molecule has 120 valence electrons. The first kappa shape index (κ1) is 15.8. The van der Waals surface area contributed by atoms with Gasteiger partial charge in [-0.1, -0.05) is 18.2 Å². The molecule has 0 bridgehead atoms. The smallest absolute Gasteiger partial charge is 0.335 e. The number of carbonyl (C=O) groups is 2. The highest BCUT2D eigenvalue weighted by atomic mass is 32.2. The second-order valence-corrected chi connectivity index (χ2v) is 5.96. The summed E-state index contributed by atoms with van der Waals surface area (Å²) in [6, 6.07) is 12.7. The van der Waals surface area contributed by atoms with Crippen LogP contribution >= 0.6 is 11.8 Å². The molecule has 2 aromatic carbocycles. The number of nitrogens with zero attached hydrogens (tertiary/aromatic N) is 1. The first-order chi connectivity index (χ1) is 11.5. The van der Waals surface area contributed by atoms with Gasteiger partial charge in [-0.05, 0) is 53.7 Å². The first-order valence-electron chi connectivity index (χ1n) is 6.93. The number of hydrogen-bond donors (Lipinski definition) is 3. The number of hydrogen-bond acceptors (Lipinski definition) is 5. The van der Waals surface area contributed by atoms with Gasteiger partial charge in [0.25, 0.3) is 5.91 Å². The number of rotatable bonds is 3. The standard InChI is InChI=1S/C17H12N2O4S/c20-13-6-1-3-10(7-13)8-14-15(21)19-17(24-14)18-12-5-2-4-11(9-12)16(22)23/h1-9,20H,(H,22,23)(H,18,19,21). The normalized spacial score (nSPS) is 17.2. The van der Waals surface area contributed by atoms with Crippen molar-refractivity contribution in [3.63, 3.8) is 0 Å². The average Bonchev–Trinajstić information content (AvgIpc) is 2.87. The van der Waals surface area contributed by atoms with Crippen LogP contribution in [0.15, 0.2) is 58.4 Å². The molecule has 2 aromatic rings. The maximum absolute atomic E-state index is 12.0. The summed E-state index contributed by atoms with van der Waals surface area (Å²) in [5.41, 5.74) is 1.26. The van der Waals surface area contributed by atoms with E-state index in [1.165, 1.54) is 12.1 Å². The minimum Gasteiger partial charge on any atom is -0.508 e. The molecule has 1 saturated heterocycles. The number of benzene rings is 2. The van der Waals surface area contributed by atoms with Crippen LogP contribution in [0.4, 0.5) is 5.69 Å². The monoisotopic (exact) mass is 340 g/mol. The lowest BCUT2D eigenvalue weighted by atomic mass is 10.2. The topological polar surface area (TPSA) is 99.0 Å². The molecule has 7 heteroatoms. The number of aromatic hydroxyl groups is 1. The van der Waals surface area contributed by atoms with E-state index >= 15 is 0 Å². The number of aromatic carboxylic acids is 1. The van der Waals surface area contributed by atoms with Crippen LogP contribution in [0.3, 0.4) is 0 Å². The Hall–Kier alpha value is -3.06. The summed E-state index contributed by atoms with van der Waals surface area (Å²) >= 11 is 1.15. The molecule has 1 fully saturated rings. The third kappa shape index (κ3) is 3.64. The second kappa shape index (κ2) is 6.59. The molecular weight excluding hydrogens is 328 g/mol. The van der Waals surface area contributed by atoms with E-state index in [1.54, 1.807) is 42.5 Å². The maximum atomic E-state index is 12.0. The van der Waals surface area contributed by atoms with Crippen LogP contribution in [-0.4, -0.2) is 27.3 Å². The van der Waals surface area contributed by atoms with Gasteiger partial charge < -0.3 is 15.5 Å². The van der Waals surface area contributed by atoms with Crippen LogP contribution in [0.2, 0.25) is 0 Å². The minimum atomic E-state index is -1.04. The van der Waals surface area contributed by atoms with Crippen LogP contribution in [0.5, 0.6) is 5.75 Å². The Bertz CT molecular complexity index is 890. The number of thioether (sulfide) groups is 1. The number of phenols is 1. The molecule has 0 spiro atoms. The zero-order chi connectivity index (χ0) is 17.1. The van der Waals surface area contributed by atoms with Gasteiger partial charge in [0, 0.05) is 0 Å². The van der Waals surface area contributed by atoms with Crippen molar-refractivity contribution in [2.75, 3.05) is 0 Å². The molecule has 1 amide bonds. The largest absolute Gasteiger partial charge is 0.508 e. The molecule has 6 nitrogen and oxygen atoms in total. The maximum Gasteiger partial charge on any atom is 0.335 e. The van der Waals surface area contributed by atoms with Crippen molar-refractivity contribution in [2.24, 2.45) is 4.99 Å². The fourth-order valence-electron chi connectivity index (χ4n) is 2.07. The number of amides is 1. The van der Waals surface area contributed by atoms with E-state index in [-0.39, 0.29) is 17.2 Å². The lowest BCUT2D eigenvalue weighted by Crippen LogP contribution is -2.19. The summed E-state index contributed by atoms with van der Waals surface area (Å²) in [5, 5.41) is 21.5. The average molecular weight is 340 g/mol. The predicted octanol–water partition coefficient (Wildman–Crippen LogP) is 2.98. The number of aliphatic imine (C=N–C) groups is 1. The van der Waals surface area contributed by atoms with E-state index in [4.69, 9.17) is 5.11 Å². The SMILES string of the molecule is O=C1NC(=Nc2cccc(C(=O)O)c2)SC1=Cc1cccc(O)c1. The number of carboxylic acids is 1. The Morgan fingerprint density at radius 2 is 1.96 bits per heavy atom. The van der Waals surface area contributed by atoms with Crippen LogP contribution in [0.1, 0.15) is 15.9 Å². The summed E-state index contributed by atoms with van der Waals surface area (Å²) in [4.78, 5) is 27.7. The van der Waals surface area contributed by atoms with Crippen molar-refractivity contribution >= 4 is 40.6 Å². The fourth-order valence-corrected chi connectivity index (χ4v) is 2.91. The second-order valence-electron chi connectivity index (χ2n) is 4.93. The van der Waals surface area contributed by atoms with Gasteiger partial charge >= 0.3 is 5.97 Å². The number of nitrogens with one attached hydrogen (secondary N) is 1. The van der Waals surface area contributed by atoms with Gasteiger partial charge in [-0.15, -0.1) is 0 Å². The molecule has 0 aromatic heterocycles. The van der Waals surface area contributed by atoms with E-state index in [1.807, 2.05) is 0 Å². The fraction of sp³-hybridized carbons (Fsp3) is 0. The Balaban J connectivity index is 1.84. The Morgan fingerprint density at radius 3 is 2.71 bits per heavy atom. The van der Waals surface area contributed by atoms with E-state index in [0.717, 1.165) is 11.8 Å². The number of amidine groups is 1. The molecule has 3 N–H and O–H groups in total. The summed E-state index contributed by atoms with van der Waals surface area (Å²) in [5.74, 6) is -1.21. The predicted molar refractivity (Wildman–Crippen MR) is 92.3 cm³/mol. The first-order valence-corrected chi connectivity index (χ1v) is 7.75. The lowest BCUT2D eigenvalue weighted by Gasteiger charge is -1.98. The van der Waals surface area contributed by atoms with Gasteiger partial charge in [-0.2, -0.15) is 0 Å². The van der Waals surface area contributed by atoms with E-state index in [9.17, 15) is 14.7 Å². The third-order valence-electron chi connectivity index (χ3n) is 3.14. The lowest BCUT2D eigenvalue weighted by molar-refractivity contribution is -0.115. The molecule has 24 heavy (non-hydrogen) atoms. The highest BCUT2D eigenvalue weighted by Crippen LogP contribution is 2.28. The van der Waals surface area contributed by atoms with E-state index in [2.05, 4.69) is 10.3 Å². The molecule has 1 aliphatic heterocycles. The molecule has 3 rings (SSSR count). The van der Waals surface area contributed by atoms with Gasteiger partial charge in [0.1, 0.15) is 5.75 Å². The number of carboxylic acid groups (broad SMARTS) is 1. The van der Waals surface area contributed by atoms with E-state index < -0.39 is 5.97 Å². The Morgan fingerprint density at radius 1 is 1.17 bits per heavy atom. The summed E-state index contributed by atoms with van der Waals surface area (Å²) < 4.78 is 0. The van der Waals surface area contributed by atoms with E-state index in [0.29, 0.717) is 21.3 Å². The number of carbonyl (C=O) groups excluding carboxylic acids is 1. The van der Waals surface area contributed by atoms with Gasteiger partial charge in [0.15, 0.2) is 5.17 Å². The van der Waals surface area contributed by atoms with Crippen molar-refractivity contribution in [1.29, 1.82) is 0 Å². The Labute approximate surface area is 141 Å². The third-order valence-corrected chi connectivity index (χ3v) is 4.05. The molecule has 0 saturated carbocycles. The van der Waals surface area contributed by atoms with Crippen LogP contribution < -0.4 is 5.32 Å². The summed E-state index contributed by atoms with van der Waals surface area (Å²) in [6.45, 7) is 0. The highest BCUT2D eigenvalue weighted by Gasteiger charge is 2.23. The van der Waals surface area contributed by atoms with Gasteiger partial charge in [0.2, 0.25) is 0 Å². The molecular formula is C17H12N2O4S. The molecule has 0 radical (unpaired) electrons. The molecule has 0 atom stereocenters. The molecule has 0 unspecified atom stereocenters. The van der Waals surface area contributed by atoms with Crippen molar-refractivity contribution < 1.29 is 19.8 Å². The van der Waals surface area contributed by atoms with Gasteiger partial charge in [0.05, 0.1) is 16.2 Å². The summed E-state index contributed by atoms with van der Waals surface area (Å²) in [6.07, 6.45) is 1.65. The minimum absolute atomic E-state index is 0.118. The van der Waals surface area contributed by atoms with Crippen molar-refractivity contribution in [3.8, 4) is 5.75 Å².